The van der Waals surface area contributed by atoms with Crippen LogP contribution in [0.5, 0.6) is 0 Å². The first-order valence-corrected chi connectivity index (χ1v) is 8.72. The van der Waals surface area contributed by atoms with Crippen LogP contribution in [0.25, 0.3) is 6.08 Å². The molecule has 0 aromatic heterocycles. The predicted octanol–water partition coefficient (Wildman–Crippen LogP) is 2.92. The zero-order valence-corrected chi connectivity index (χ0v) is 14.8. The molecule has 3 aromatic rings. The molecular formula is C22H17N3O3. The highest BCUT2D eigenvalue weighted by Crippen LogP contribution is 2.27. The minimum atomic E-state index is -0.998. The van der Waals surface area contributed by atoms with Crippen molar-refractivity contribution in [3.8, 4) is 0 Å². The number of carbonyl (C=O) groups excluding carboxylic acids is 1. The summed E-state index contributed by atoms with van der Waals surface area (Å²) in [7, 11) is 0. The summed E-state index contributed by atoms with van der Waals surface area (Å²) < 4.78 is 0. The molecule has 0 bridgehead atoms. The Balaban J connectivity index is 1.80. The Kier molecular flexibility index (Phi) is 4.82. The number of para-hydroxylation sites is 1. The molecule has 1 atom stereocenters. The summed E-state index contributed by atoms with van der Waals surface area (Å²) >= 11 is 0. The highest BCUT2D eigenvalue weighted by molar-refractivity contribution is 6.37. The van der Waals surface area contributed by atoms with Crippen LogP contribution in [0.2, 0.25) is 0 Å². The van der Waals surface area contributed by atoms with Gasteiger partial charge in [0.25, 0.3) is 5.91 Å². The van der Waals surface area contributed by atoms with E-state index in [1.165, 1.54) is 17.1 Å². The van der Waals surface area contributed by atoms with Crippen LogP contribution in [0, 0.1) is 5.21 Å². The fourth-order valence-corrected chi connectivity index (χ4v) is 2.99. The van der Waals surface area contributed by atoms with Gasteiger partial charge in [0, 0.05) is 17.7 Å². The third-order valence-electron chi connectivity index (χ3n) is 4.39. The van der Waals surface area contributed by atoms with Gasteiger partial charge in [0.1, 0.15) is 5.71 Å². The summed E-state index contributed by atoms with van der Waals surface area (Å²) in [6.45, 7) is 0. The normalized spacial score (nSPS) is 16.4. The Morgan fingerprint density at radius 1 is 0.893 bits per heavy atom. The molecule has 0 spiro atoms. The SMILES string of the molecule is O=C1C(=Cc2ccccc2)C(c2ccc([NH+]([O-])O)cc2)=NN1c1ccccc1. The minimum absolute atomic E-state index is 0.183. The van der Waals surface area contributed by atoms with E-state index in [0.29, 0.717) is 22.5 Å². The highest BCUT2D eigenvalue weighted by Gasteiger charge is 2.32. The van der Waals surface area contributed by atoms with Crippen LogP contribution < -0.4 is 10.2 Å². The smallest absolute Gasteiger partial charge is 0.281 e. The van der Waals surface area contributed by atoms with Gasteiger partial charge in [-0.25, -0.2) is 5.21 Å². The van der Waals surface area contributed by atoms with E-state index in [4.69, 9.17) is 5.21 Å². The van der Waals surface area contributed by atoms with Crippen molar-refractivity contribution in [3.05, 3.63) is 107 Å². The summed E-state index contributed by atoms with van der Waals surface area (Å²) in [5, 5.41) is 25.2. The summed E-state index contributed by atoms with van der Waals surface area (Å²) in [6, 6.07) is 25.1. The average molecular weight is 371 g/mol. The molecule has 138 valence electrons. The van der Waals surface area contributed by atoms with Crippen molar-refractivity contribution in [1.29, 1.82) is 0 Å². The lowest BCUT2D eigenvalue weighted by Crippen LogP contribution is -2.99. The van der Waals surface area contributed by atoms with Gasteiger partial charge < -0.3 is 5.21 Å². The summed E-state index contributed by atoms with van der Waals surface area (Å²) in [4.78, 5) is 13.1. The predicted molar refractivity (Wildman–Crippen MR) is 107 cm³/mol. The van der Waals surface area contributed by atoms with Gasteiger partial charge in [-0.1, -0.05) is 48.5 Å². The van der Waals surface area contributed by atoms with Crippen molar-refractivity contribution in [2.45, 2.75) is 0 Å². The zero-order valence-electron chi connectivity index (χ0n) is 14.8. The van der Waals surface area contributed by atoms with Crippen LogP contribution in [-0.4, -0.2) is 16.8 Å². The molecule has 3 aromatic carbocycles. The van der Waals surface area contributed by atoms with Crippen LogP contribution in [0.3, 0.4) is 0 Å². The topological polar surface area (TPSA) is 80.4 Å². The number of hydrogen-bond donors (Lipinski definition) is 2. The maximum absolute atomic E-state index is 13.1. The van der Waals surface area contributed by atoms with Gasteiger partial charge in [-0.05, 0) is 35.9 Å². The van der Waals surface area contributed by atoms with Gasteiger partial charge in [0.15, 0.2) is 5.69 Å². The average Bonchev–Trinajstić information content (AvgIpc) is 3.06. The molecule has 28 heavy (non-hydrogen) atoms. The van der Waals surface area contributed by atoms with Gasteiger partial charge in [0.05, 0.1) is 11.3 Å². The molecule has 6 nitrogen and oxygen atoms in total. The molecule has 2 N–H and O–H groups in total. The van der Waals surface area contributed by atoms with E-state index in [-0.39, 0.29) is 11.6 Å². The molecule has 6 heteroatoms. The summed E-state index contributed by atoms with van der Waals surface area (Å²) in [5.74, 6) is -0.229. The number of anilines is 1. The Hall–Kier alpha value is -3.58. The second-order valence-corrected chi connectivity index (χ2v) is 6.25. The van der Waals surface area contributed by atoms with Crippen LogP contribution in [0.1, 0.15) is 11.1 Å². The molecule has 1 amide bonds. The number of benzene rings is 3. The Bertz CT molecular complexity index is 1040. The fourth-order valence-electron chi connectivity index (χ4n) is 2.99. The van der Waals surface area contributed by atoms with E-state index in [1.807, 2.05) is 60.7 Å². The van der Waals surface area contributed by atoms with E-state index in [9.17, 15) is 10.0 Å². The number of nitrogens with zero attached hydrogens (tertiary/aromatic N) is 2. The van der Waals surface area contributed by atoms with Crippen molar-refractivity contribution in [3.63, 3.8) is 0 Å². The molecule has 1 unspecified atom stereocenters. The van der Waals surface area contributed by atoms with Crippen molar-refractivity contribution in [2.24, 2.45) is 5.10 Å². The lowest BCUT2D eigenvalue weighted by atomic mass is 10.00. The Morgan fingerprint density at radius 3 is 2.11 bits per heavy atom. The van der Waals surface area contributed by atoms with Gasteiger partial charge in [0.2, 0.25) is 0 Å². The van der Waals surface area contributed by atoms with Gasteiger partial charge in [-0.15, -0.1) is 0 Å². The van der Waals surface area contributed by atoms with E-state index in [2.05, 4.69) is 5.10 Å². The maximum Gasteiger partial charge on any atom is 0.281 e. The van der Waals surface area contributed by atoms with Crippen molar-refractivity contribution in [2.75, 3.05) is 5.01 Å². The maximum atomic E-state index is 13.1. The molecule has 1 aliphatic rings. The number of rotatable bonds is 4. The second kappa shape index (κ2) is 7.58. The molecule has 0 saturated heterocycles. The third kappa shape index (κ3) is 3.47. The lowest BCUT2D eigenvalue weighted by molar-refractivity contribution is -0.991. The quantitative estimate of drug-likeness (QED) is 0.547. The Morgan fingerprint density at radius 2 is 1.50 bits per heavy atom. The van der Waals surface area contributed by atoms with E-state index in [0.717, 1.165) is 5.56 Å². The van der Waals surface area contributed by atoms with Crippen molar-refractivity contribution >= 4 is 29.1 Å². The number of hydrogen-bond acceptors (Lipinski definition) is 4. The summed E-state index contributed by atoms with van der Waals surface area (Å²) in [5.41, 5.74) is 3.38. The second-order valence-electron chi connectivity index (χ2n) is 6.25. The van der Waals surface area contributed by atoms with E-state index < -0.39 is 5.23 Å². The van der Waals surface area contributed by atoms with Crippen LogP contribution in [-0.2, 0) is 4.79 Å². The van der Waals surface area contributed by atoms with Crippen LogP contribution in [0.15, 0.2) is 95.6 Å². The third-order valence-corrected chi connectivity index (χ3v) is 4.39. The molecule has 0 fully saturated rings. The minimum Gasteiger partial charge on any atom is -0.595 e. The first kappa shape index (κ1) is 17.8. The summed E-state index contributed by atoms with van der Waals surface area (Å²) in [6.07, 6.45) is 1.80. The van der Waals surface area contributed by atoms with E-state index in [1.54, 1.807) is 18.2 Å². The number of quaternary nitrogens is 1. The van der Waals surface area contributed by atoms with Gasteiger partial charge in [-0.2, -0.15) is 15.3 Å². The molecule has 0 radical (unpaired) electrons. The lowest BCUT2D eigenvalue weighted by Gasteiger charge is -2.11. The number of carbonyl (C=O) groups is 1. The highest BCUT2D eigenvalue weighted by atomic mass is 16.8. The first-order chi connectivity index (χ1) is 13.6. The number of nitrogens with one attached hydrogen (secondary N) is 1. The Labute approximate surface area is 161 Å². The molecule has 4 rings (SSSR count). The molecule has 0 saturated carbocycles. The van der Waals surface area contributed by atoms with Crippen LogP contribution >= 0.6 is 0 Å². The van der Waals surface area contributed by atoms with Gasteiger partial charge in [-0.3, -0.25) is 4.79 Å². The first-order valence-electron chi connectivity index (χ1n) is 8.72. The largest absolute Gasteiger partial charge is 0.595 e. The fraction of sp³-hybridized carbons (Fsp3) is 0. The molecule has 0 aliphatic carbocycles. The zero-order chi connectivity index (χ0) is 19.5. The number of amides is 1. The standard InChI is InChI=1S/C22H17N3O3/c26-22-20(15-16-7-3-1-4-8-16)21(17-11-13-19(14-12-17)25(27)28)23-24(22)18-9-5-2-6-10-18/h1-15,25,27H. The van der Waals surface area contributed by atoms with Gasteiger partial charge >= 0.3 is 0 Å². The molecule has 1 heterocycles. The van der Waals surface area contributed by atoms with Crippen LogP contribution in [0.4, 0.5) is 11.4 Å². The monoisotopic (exact) mass is 371 g/mol. The number of hydrazone groups is 1. The molecular weight excluding hydrogens is 354 g/mol. The molecule has 1 aliphatic heterocycles. The van der Waals surface area contributed by atoms with E-state index >= 15 is 0 Å². The van der Waals surface area contributed by atoms with Crippen molar-refractivity contribution < 1.29 is 15.2 Å². The van der Waals surface area contributed by atoms with Crippen molar-refractivity contribution in [1.82, 2.24) is 0 Å².